The third kappa shape index (κ3) is 5.64. The molecule has 0 aliphatic carbocycles. The number of ether oxygens (including phenoxy) is 1. The van der Waals surface area contributed by atoms with Crippen LogP contribution in [0, 0.1) is 0 Å². The molecule has 0 aromatic rings. The molecule has 0 saturated heterocycles. The van der Waals surface area contributed by atoms with Crippen molar-refractivity contribution < 1.29 is 19.4 Å². The first-order valence-electron chi connectivity index (χ1n) is 4.79. The number of carbonyl (C=O) groups excluding carboxylic acids is 1. The Morgan fingerprint density at radius 3 is 2.47 bits per heavy atom. The summed E-state index contributed by atoms with van der Waals surface area (Å²) >= 11 is 1.23. The van der Waals surface area contributed by atoms with Crippen molar-refractivity contribution in [3.63, 3.8) is 0 Å². The van der Waals surface area contributed by atoms with Crippen LogP contribution in [0.25, 0.3) is 0 Å². The standard InChI is InChI=1S/C9H17NO4S/c1-3-7(9(13)14-4-2)15-5-6(10)8(11)12/h6-7H,3-5,10H2,1-2H3,(H,11,12). The number of rotatable bonds is 7. The van der Waals surface area contributed by atoms with E-state index in [1.165, 1.54) is 11.8 Å². The van der Waals surface area contributed by atoms with E-state index in [-0.39, 0.29) is 17.0 Å². The number of carbonyl (C=O) groups is 2. The van der Waals surface area contributed by atoms with E-state index >= 15 is 0 Å². The molecule has 6 heteroatoms. The first-order valence-corrected chi connectivity index (χ1v) is 5.84. The quantitative estimate of drug-likeness (QED) is 0.624. The molecule has 0 heterocycles. The van der Waals surface area contributed by atoms with Gasteiger partial charge in [0.05, 0.1) is 6.61 Å². The number of esters is 1. The van der Waals surface area contributed by atoms with Crippen molar-refractivity contribution in [1.82, 2.24) is 0 Å². The summed E-state index contributed by atoms with van der Waals surface area (Å²) in [6, 6.07) is -0.932. The molecule has 0 fully saturated rings. The molecule has 0 bridgehead atoms. The Morgan fingerprint density at radius 1 is 1.47 bits per heavy atom. The fourth-order valence-electron chi connectivity index (χ4n) is 0.879. The molecule has 0 aromatic carbocycles. The molecular weight excluding hydrogens is 218 g/mol. The Kier molecular flexibility index (Phi) is 7.15. The van der Waals surface area contributed by atoms with Crippen LogP contribution < -0.4 is 5.73 Å². The van der Waals surface area contributed by atoms with Crippen molar-refractivity contribution >= 4 is 23.7 Å². The monoisotopic (exact) mass is 235 g/mol. The highest BCUT2D eigenvalue weighted by atomic mass is 32.2. The van der Waals surface area contributed by atoms with Gasteiger partial charge in [-0.2, -0.15) is 0 Å². The predicted octanol–water partition coefficient (Wildman–Crippen LogP) is 0.473. The van der Waals surface area contributed by atoms with E-state index in [0.717, 1.165) is 0 Å². The second kappa shape index (κ2) is 7.53. The molecular formula is C9H17NO4S. The van der Waals surface area contributed by atoms with Crippen molar-refractivity contribution in [3.05, 3.63) is 0 Å². The minimum atomic E-state index is -1.05. The number of thioether (sulfide) groups is 1. The van der Waals surface area contributed by atoms with E-state index in [1.54, 1.807) is 6.92 Å². The van der Waals surface area contributed by atoms with Gasteiger partial charge in [0.15, 0.2) is 0 Å². The third-order valence-corrected chi connectivity index (χ3v) is 3.19. The van der Waals surface area contributed by atoms with Crippen LogP contribution in [-0.2, 0) is 14.3 Å². The lowest BCUT2D eigenvalue weighted by molar-refractivity contribution is -0.142. The first kappa shape index (κ1) is 14.2. The minimum Gasteiger partial charge on any atom is -0.480 e. The Labute approximate surface area is 93.4 Å². The Hall–Kier alpha value is -0.750. The van der Waals surface area contributed by atoms with Crippen LogP contribution in [0.1, 0.15) is 20.3 Å². The van der Waals surface area contributed by atoms with Crippen LogP contribution in [0.3, 0.4) is 0 Å². The lowest BCUT2D eigenvalue weighted by atomic mass is 10.3. The summed E-state index contributed by atoms with van der Waals surface area (Å²) in [7, 11) is 0. The lowest BCUT2D eigenvalue weighted by Gasteiger charge is -2.14. The van der Waals surface area contributed by atoms with Gasteiger partial charge in [0.2, 0.25) is 0 Å². The van der Waals surface area contributed by atoms with Crippen LogP contribution in [0.4, 0.5) is 0 Å². The van der Waals surface area contributed by atoms with Gasteiger partial charge in [0, 0.05) is 5.75 Å². The van der Waals surface area contributed by atoms with E-state index in [0.29, 0.717) is 13.0 Å². The molecule has 0 aromatic heterocycles. The summed E-state index contributed by atoms with van der Waals surface area (Å²) in [5.41, 5.74) is 5.32. The second-order valence-electron chi connectivity index (χ2n) is 2.93. The predicted molar refractivity (Wildman–Crippen MR) is 58.8 cm³/mol. The van der Waals surface area contributed by atoms with Crippen molar-refractivity contribution in [2.24, 2.45) is 5.73 Å². The molecule has 3 N–H and O–H groups in total. The van der Waals surface area contributed by atoms with E-state index in [1.807, 2.05) is 6.92 Å². The van der Waals surface area contributed by atoms with Crippen LogP contribution in [0.5, 0.6) is 0 Å². The highest BCUT2D eigenvalue weighted by Gasteiger charge is 2.21. The number of carboxylic acid groups (broad SMARTS) is 1. The summed E-state index contributed by atoms with van der Waals surface area (Å²) < 4.78 is 4.84. The zero-order valence-electron chi connectivity index (χ0n) is 8.93. The van der Waals surface area contributed by atoms with Gasteiger partial charge < -0.3 is 15.6 Å². The summed E-state index contributed by atoms with van der Waals surface area (Å²) in [4.78, 5) is 21.8. The van der Waals surface area contributed by atoms with Gasteiger partial charge in [-0.05, 0) is 13.3 Å². The lowest BCUT2D eigenvalue weighted by Crippen LogP contribution is -2.34. The average Bonchev–Trinajstić information content (AvgIpc) is 2.18. The highest BCUT2D eigenvalue weighted by Crippen LogP contribution is 2.16. The van der Waals surface area contributed by atoms with Gasteiger partial charge in [-0.1, -0.05) is 6.92 Å². The summed E-state index contributed by atoms with van der Waals surface area (Å²) in [5, 5.41) is 8.23. The van der Waals surface area contributed by atoms with E-state index in [2.05, 4.69) is 0 Å². The zero-order chi connectivity index (χ0) is 11.8. The molecule has 0 aliphatic rings. The Balaban J connectivity index is 3.99. The van der Waals surface area contributed by atoms with Crippen molar-refractivity contribution in [1.29, 1.82) is 0 Å². The van der Waals surface area contributed by atoms with Crippen LogP contribution in [0.2, 0.25) is 0 Å². The van der Waals surface area contributed by atoms with Crippen LogP contribution in [0.15, 0.2) is 0 Å². The topological polar surface area (TPSA) is 89.6 Å². The Bertz CT molecular complexity index is 222. The molecule has 0 saturated carbocycles. The number of nitrogens with two attached hydrogens (primary N) is 1. The van der Waals surface area contributed by atoms with Crippen molar-refractivity contribution in [2.75, 3.05) is 12.4 Å². The number of carboxylic acids is 1. The molecule has 2 unspecified atom stereocenters. The molecule has 88 valence electrons. The average molecular weight is 235 g/mol. The van der Waals surface area contributed by atoms with Crippen molar-refractivity contribution in [3.8, 4) is 0 Å². The Morgan fingerprint density at radius 2 is 2.07 bits per heavy atom. The molecule has 0 amide bonds. The van der Waals surface area contributed by atoms with Gasteiger partial charge >= 0.3 is 11.9 Å². The molecule has 0 aliphatic heterocycles. The van der Waals surface area contributed by atoms with Crippen LogP contribution >= 0.6 is 11.8 Å². The molecule has 0 rings (SSSR count). The van der Waals surface area contributed by atoms with Crippen molar-refractivity contribution in [2.45, 2.75) is 31.6 Å². The first-order chi connectivity index (χ1) is 7.02. The SMILES string of the molecule is CCOC(=O)C(CC)SCC(N)C(=O)O. The molecule has 5 nitrogen and oxygen atoms in total. The molecule has 0 spiro atoms. The number of hydrogen-bond donors (Lipinski definition) is 2. The smallest absolute Gasteiger partial charge is 0.321 e. The summed E-state index contributed by atoms with van der Waals surface area (Å²) in [6.45, 7) is 3.92. The molecule has 0 radical (unpaired) electrons. The minimum absolute atomic E-state index is 0.215. The van der Waals surface area contributed by atoms with Gasteiger partial charge in [0.25, 0.3) is 0 Å². The zero-order valence-corrected chi connectivity index (χ0v) is 9.75. The van der Waals surface area contributed by atoms with E-state index < -0.39 is 12.0 Å². The largest absolute Gasteiger partial charge is 0.480 e. The maximum absolute atomic E-state index is 11.3. The normalized spacial score (nSPS) is 14.3. The fourth-order valence-corrected chi connectivity index (χ4v) is 1.90. The maximum atomic E-state index is 11.3. The number of aliphatic carboxylic acids is 1. The highest BCUT2D eigenvalue weighted by molar-refractivity contribution is 8.00. The van der Waals surface area contributed by atoms with E-state index in [9.17, 15) is 9.59 Å². The van der Waals surface area contributed by atoms with E-state index in [4.69, 9.17) is 15.6 Å². The molecule has 15 heavy (non-hydrogen) atoms. The van der Waals surface area contributed by atoms with Gasteiger partial charge in [-0.25, -0.2) is 0 Å². The summed E-state index contributed by atoms with van der Waals surface area (Å²) in [6.07, 6.45) is 0.607. The summed E-state index contributed by atoms with van der Waals surface area (Å²) in [5.74, 6) is -1.14. The van der Waals surface area contributed by atoms with Gasteiger partial charge in [-0.3, -0.25) is 9.59 Å². The second-order valence-corrected chi connectivity index (χ2v) is 4.16. The number of hydrogen-bond acceptors (Lipinski definition) is 5. The maximum Gasteiger partial charge on any atom is 0.321 e. The fraction of sp³-hybridized carbons (Fsp3) is 0.778. The molecule has 2 atom stereocenters. The van der Waals surface area contributed by atoms with Crippen LogP contribution in [-0.4, -0.2) is 40.7 Å². The van der Waals surface area contributed by atoms with Gasteiger partial charge in [0.1, 0.15) is 11.3 Å². The van der Waals surface area contributed by atoms with Gasteiger partial charge in [-0.15, -0.1) is 11.8 Å². The third-order valence-electron chi connectivity index (χ3n) is 1.71.